The molecule has 0 aromatic heterocycles. The van der Waals surface area contributed by atoms with Gasteiger partial charge in [-0.25, -0.2) is 18.0 Å². The van der Waals surface area contributed by atoms with Crippen LogP contribution in [0.15, 0.2) is 53.4 Å². The molecule has 0 unspecified atom stereocenters. The van der Waals surface area contributed by atoms with Crippen LogP contribution >= 0.6 is 0 Å². The number of methoxy groups -OCH3 is 1. The molecule has 0 spiro atoms. The van der Waals surface area contributed by atoms with Gasteiger partial charge in [-0.15, -0.1) is 0 Å². The van der Waals surface area contributed by atoms with Crippen molar-refractivity contribution < 1.29 is 32.3 Å². The number of imide groups is 1. The number of carbonyl (C=O) groups excluding carboxylic acids is 3. The first-order valence-corrected chi connectivity index (χ1v) is 10.0. The monoisotopic (exact) mass is 435 g/mol. The molecule has 2 aromatic carbocycles. The van der Waals surface area contributed by atoms with Crippen LogP contribution in [0.5, 0.6) is 5.75 Å². The van der Waals surface area contributed by atoms with Crippen molar-refractivity contribution in [2.75, 3.05) is 32.1 Å². The van der Waals surface area contributed by atoms with Crippen molar-refractivity contribution in [2.45, 2.75) is 4.90 Å². The van der Waals surface area contributed by atoms with E-state index in [9.17, 15) is 22.8 Å². The number of nitrogens with one attached hydrogen (secondary N) is 2. The summed E-state index contributed by atoms with van der Waals surface area (Å²) in [5.74, 6) is -1.16. The van der Waals surface area contributed by atoms with Gasteiger partial charge in [0, 0.05) is 14.1 Å². The van der Waals surface area contributed by atoms with E-state index in [1.54, 1.807) is 24.3 Å². The number of hydrogen-bond acceptors (Lipinski definition) is 7. The van der Waals surface area contributed by atoms with Gasteiger partial charge in [-0.3, -0.25) is 14.4 Å². The van der Waals surface area contributed by atoms with E-state index in [0.717, 1.165) is 10.4 Å². The van der Waals surface area contributed by atoms with E-state index < -0.39 is 34.5 Å². The maximum Gasteiger partial charge on any atom is 0.338 e. The van der Waals surface area contributed by atoms with E-state index in [2.05, 4.69) is 5.32 Å². The van der Waals surface area contributed by atoms with Crippen LogP contribution in [0.4, 0.5) is 10.5 Å². The van der Waals surface area contributed by atoms with Gasteiger partial charge in [-0.2, -0.15) is 0 Å². The van der Waals surface area contributed by atoms with E-state index in [1.807, 2.05) is 5.32 Å². The summed E-state index contributed by atoms with van der Waals surface area (Å²) in [6, 6.07) is 10.9. The maximum atomic E-state index is 12.9. The summed E-state index contributed by atoms with van der Waals surface area (Å²) < 4.78 is 36.8. The van der Waals surface area contributed by atoms with Crippen LogP contribution in [0.3, 0.4) is 0 Å². The molecule has 2 rings (SSSR count). The standard InChI is InChI=1S/C19H21N3O7S/c1-20-19(25)21-17(23)12-29-18(24)13-5-4-6-16(11-13)30(26,27)22(2)14-7-9-15(28-3)10-8-14/h4-11H,12H2,1-3H3,(H2,20,21,23,25). The molecule has 0 bridgehead atoms. The Morgan fingerprint density at radius 1 is 1.07 bits per heavy atom. The fourth-order valence-electron chi connectivity index (χ4n) is 2.31. The Hall–Kier alpha value is -3.60. The van der Waals surface area contributed by atoms with Crippen LogP contribution < -0.4 is 19.7 Å². The number of sulfonamides is 1. The van der Waals surface area contributed by atoms with E-state index in [1.165, 1.54) is 39.4 Å². The second-order valence-corrected chi connectivity index (χ2v) is 7.87. The number of anilines is 1. The lowest BCUT2D eigenvalue weighted by Gasteiger charge is -2.20. The van der Waals surface area contributed by atoms with Gasteiger partial charge < -0.3 is 14.8 Å². The molecule has 0 aliphatic heterocycles. The summed E-state index contributed by atoms with van der Waals surface area (Å²) in [4.78, 5) is 34.6. The normalized spacial score (nSPS) is 10.6. The predicted molar refractivity (Wildman–Crippen MR) is 108 cm³/mol. The molecule has 2 N–H and O–H groups in total. The fraction of sp³-hybridized carbons (Fsp3) is 0.211. The van der Waals surface area contributed by atoms with Crippen LogP contribution in [0.1, 0.15) is 10.4 Å². The van der Waals surface area contributed by atoms with Crippen molar-refractivity contribution in [1.82, 2.24) is 10.6 Å². The van der Waals surface area contributed by atoms with Gasteiger partial charge in [0.1, 0.15) is 5.75 Å². The quantitative estimate of drug-likeness (QED) is 0.623. The zero-order valence-corrected chi connectivity index (χ0v) is 17.4. The number of nitrogens with zero attached hydrogens (tertiary/aromatic N) is 1. The number of ether oxygens (including phenoxy) is 2. The number of urea groups is 1. The number of amides is 3. The lowest BCUT2D eigenvalue weighted by atomic mass is 10.2. The molecule has 0 radical (unpaired) electrons. The van der Waals surface area contributed by atoms with E-state index in [4.69, 9.17) is 9.47 Å². The van der Waals surface area contributed by atoms with Gasteiger partial charge in [0.15, 0.2) is 6.61 Å². The molecule has 10 nitrogen and oxygen atoms in total. The number of benzene rings is 2. The first-order valence-electron chi connectivity index (χ1n) is 8.60. The minimum atomic E-state index is -3.97. The molecular weight excluding hydrogens is 414 g/mol. The third-order valence-corrected chi connectivity index (χ3v) is 5.76. The highest BCUT2D eigenvalue weighted by atomic mass is 32.2. The second kappa shape index (κ2) is 9.74. The molecule has 3 amide bonds. The SMILES string of the molecule is CNC(=O)NC(=O)COC(=O)c1cccc(S(=O)(=O)N(C)c2ccc(OC)cc2)c1. The van der Waals surface area contributed by atoms with Crippen LogP contribution in [-0.4, -0.2) is 54.1 Å². The number of carbonyl (C=O) groups is 3. The molecular formula is C19H21N3O7S. The van der Waals surface area contributed by atoms with Crippen molar-refractivity contribution in [2.24, 2.45) is 0 Å². The number of esters is 1. The first-order chi connectivity index (χ1) is 14.2. The topological polar surface area (TPSA) is 131 Å². The van der Waals surface area contributed by atoms with Gasteiger partial charge >= 0.3 is 12.0 Å². The smallest absolute Gasteiger partial charge is 0.338 e. The fourth-order valence-corrected chi connectivity index (χ4v) is 3.55. The van der Waals surface area contributed by atoms with Gasteiger partial charge in [-0.1, -0.05) is 6.07 Å². The van der Waals surface area contributed by atoms with Crippen LogP contribution in [0.25, 0.3) is 0 Å². The van der Waals surface area contributed by atoms with Crippen molar-refractivity contribution in [3.63, 3.8) is 0 Å². The molecule has 160 valence electrons. The molecule has 2 aromatic rings. The summed E-state index contributed by atoms with van der Waals surface area (Å²) in [5.41, 5.74) is 0.335. The Balaban J connectivity index is 2.15. The predicted octanol–water partition coefficient (Wildman–Crippen LogP) is 1.13. The van der Waals surface area contributed by atoms with Crippen molar-refractivity contribution in [3.8, 4) is 5.75 Å². The molecule has 0 atom stereocenters. The molecule has 0 aliphatic carbocycles. The minimum absolute atomic E-state index is 0.0630. The summed E-state index contributed by atoms with van der Waals surface area (Å²) in [5, 5.41) is 4.12. The Morgan fingerprint density at radius 2 is 1.73 bits per heavy atom. The van der Waals surface area contributed by atoms with Crippen LogP contribution in [0.2, 0.25) is 0 Å². The van der Waals surface area contributed by atoms with Gasteiger partial charge in [-0.05, 0) is 42.5 Å². The minimum Gasteiger partial charge on any atom is -0.497 e. The van der Waals surface area contributed by atoms with Crippen LogP contribution in [0, 0.1) is 0 Å². The first kappa shape index (κ1) is 22.7. The van der Waals surface area contributed by atoms with E-state index in [0.29, 0.717) is 11.4 Å². The maximum absolute atomic E-state index is 12.9. The molecule has 0 fully saturated rings. The Labute approximate surface area is 173 Å². The number of hydrogen-bond donors (Lipinski definition) is 2. The summed E-state index contributed by atoms with van der Waals surface area (Å²) >= 11 is 0. The average molecular weight is 435 g/mol. The molecule has 0 saturated heterocycles. The average Bonchev–Trinajstić information content (AvgIpc) is 2.76. The van der Waals surface area contributed by atoms with Gasteiger partial charge in [0.25, 0.3) is 15.9 Å². The number of rotatable bonds is 7. The summed E-state index contributed by atoms with van der Waals surface area (Å²) in [6.45, 7) is -0.699. The third-order valence-electron chi connectivity index (χ3n) is 3.98. The van der Waals surface area contributed by atoms with E-state index in [-0.39, 0.29) is 10.5 Å². The molecule has 11 heteroatoms. The molecule has 0 heterocycles. The lowest BCUT2D eigenvalue weighted by Crippen LogP contribution is -2.39. The van der Waals surface area contributed by atoms with E-state index >= 15 is 0 Å². The molecule has 30 heavy (non-hydrogen) atoms. The highest BCUT2D eigenvalue weighted by Gasteiger charge is 2.23. The molecule has 0 aliphatic rings. The second-order valence-electron chi connectivity index (χ2n) is 5.90. The summed E-state index contributed by atoms with van der Waals surface area (Å²) in [7, 11) is 0.240. The summed E-state index contributed by atoms with van der Waals surface area (Å²) in [6.07, 6.45) is 0. The Morgan fingerprint density at radius 3 is 2.33 bits per heavy atom. The highest BCUT2D eigenvalue weighted by molar-refractivity contribution is 7.92. The Bertz CT molecular complexity index is 1040. The van der Waals surface area contributed by atoms with Gasteiger partial charge in [0.05, 0.1) is 23.3 Å². The van der Waals surface area contributed by atoms with Crippen LogP contribution in [-0.2, 0) is 19.6 Å². The highest BCUT2D eigenvalue weighted by Crippen LogP contribution is 2.24. The zero-order valence-electron chi connectivity index (χ0n) is 16.5. The van der Waals surface area contributed by atoms with Gasteiger partial charge in [0.2, 0.25) is 0 Å². The Kier molecular flexibility index (Phi) is 7.37. The zero-order chi connectivity index (χ0) is 22.3. The molecule has 0 saturated carbocycles. The largest absolute Gasteiger partial charge is 0.497 e. The lowest BCUT2D eigenvalue weighted by molar-refractivity contribution is -0.123. The van der Waals surface area contributed by atoms with Crippen molar-refractivity contribution >= 4 is 33.6 Å². The third kappa shape index (κ3) is 5.47. The van der Waals surface area contributed by atoms with Crippen molar-refractivity contribution in [3.05, 3.63) is 54.1 Å². The van der Waals surface area contributed by atoms with Crippen molar-refractivity contribution in [1.29, 1.82) is 0 Å².